The number of rotatable bonds is 9. The van der Waals surface area contributed by atoms with Gasteiger partial charge in [0.1, 0.15) is 11.6 Å². The smallest absolute Gasteiger partial charge is 0.225 e. The molecule has 4 unspecified atom stereocenters. The van der Waals surface area contributed by atoms with Crippen LogP contribution in [0.25, 0.3) is 0 Å². The summed E-state index contributed by atoms with van der Waals surface area (Å²) in [6.45, 7) is 10.1. The van der Waals surface area contributed by atoms with Gasteiger partial charge in [0.15, 0.2) is 0 Å². The Balaban J connectivity index is 1.65. The van der Waals surface area contributed by atoms with Gasteiger partial charge in [0.25, 0.3) is 0 Å². The lowest BCUT2D eigenvalue weighted by atomic mass is 9.88. The van der Waals surface area contributed by atoms with E-state index in [2.05, 4.69) is 45.5 Å². The Morgan fingerprint density at radius 1 is 1.17 bits per heavy atom. The van der Waals surface area contributed by atoms with E-state index >= 15 is 0 Å². The lowest BCUT2D eigenvalue weighted by molar-refractivity contribution is -0.125. The van der Waals surface area contributed by atoms with E-state index in [1.165, 1.54) is 12.1 Å². The minimum atomic E-state index is -0.284. The van der Waals surface area contributed by atoms with Crippen molar-refractivity contribution in [1.29, 1.82) is 0 Å². The molecule has 1 fully saturated rings. The fourth-order valence-corrected chi connectivity index (χ4v) is 5.26. The number of carbonyl (C=O) groups is 2. The van der Waals surface area contributed by atoms with Crippen LogP contribution in [0, 0.1) is 11.7 Å². The molecule has 196 valence electrons. The lowest BCUT2D eigenvalue weighted by Crippen LogP contribution is -2.41. The van der Waals surface area contributed by atoms with Crippen molar-refractivity contribution in [3.63, 3.8) is 0 Å². The van der Waals surface area contributed by atoms with Gasteiger partial charge in [-0.05, 0) is 74.3 Å². The number of carbonyl (C=O) groups excluding carboxylic acids is 2. The molecule has 2 aromatic carbocycles. The Labute approximate surface area is 216 Å². The first-order valence-electron chi connectivity index (χ1n) is 12.7. The van der Waals surface area contributed by atoms with E-state index in [1.807, 2.05) is 19.1 Å². The molecule has 3 rings (SSSR count). The first-order valence-corrected chi connectivity index (χ1v) is 13.2. The fourth-order valence-electron chi connectivity index (χ4n) is 4.79. The molecule has 3 N–H and O–H groups in total. The van der Waals surface area contributed by atoms with Gasteiger partial charge < -0.3 is 15.7 Å². The van der Waals surface area contributed by atoms with Gasteiger partial charge in [-0.1, -0.05) is 25.1 Å². The predicted molar refractivity (Wildman–Crippen MR) is 145 cm³/mol. The maximum absolute atomic E-state index is 13.7. The zero-order valence-electron chi connectivity index (χ0n) is 21.7. The highest BCUT2D eigenvalue weighted by Gasteiger charge is 2.42. The number of aromatic hydroxyl groups is 1. The van der Waals surface area contributed by atoms with Crippen LogP contribution >= 0.6 is 9.24 Å². The Morgan fingerprint density at radius 2 is 1.86 bits per heavy atom. The number of nitrogens with one attached hydrogen (secondary N) is 2. The van der Waals surface area contributed by atoms with Gasteiger partial charge in [-0.3, -0.25) is 14.5 Å². The van der Waals surface area contributed by atoms with Crippen molar-refractivity contribution in [2.75, 3.05) is 19.6 Å². The zero-order chi connectivity index (χ0) is 26.5. The molecular weight excluding hydrogens is 476 g/mol. The van der Waals surface area contributed by atoms with Crippen LogP contribution in [-0.2, 0) is 9.59 Å². The average Bonchev–Trinajstić information content (AvgIpc) is 3.27. The number of phenols is 1. The number of hydrogen-bond acceptors (Lipinski definition) is 4. The van der Waals surface area contributed by atoms with Crippen LogP contribution in [0.1, 0.15) is 70.0 Å². The van der Waals surface area contributed by atoms with E-state index in [1.54, 1.807) is 18.2 Å². The van der Waals surface area contributed by atoms with Crippen LogP contribution in [0.15, 0.2) is 42.5 Å². The van der Waals surface area contributed by atoms with Gasteiger partial charge in [0.2, 0.25) is 11.8 Å². The van der Waals surface area contributed by atoms with E-state index in [-0.39, 0.29) is 46.8 Å². The summed E-state index contributed by atoms with van der Waals surface area (Å²) in [5.41, 5.74) is 1.83. The molecule has 0 aliphatic carbocycles. The summed E-state index contributed by atoms with van der Waals surface area (Å²) >= 11 is 0. The Hall–Kier alpha value is -2.50. The molecule has 1 heterocycles. The van der Waals surface area contributed by atoms with Gasteiger partial charge in [-0.15, -0.1) is 9.24 Å². The monoisotopic (exact) mass is 515 g/mol. The molecule has 1 aliphatic rings. The summed E-state index contributed by atoms with van der Waals surface area (Å²) in [4.78, 5) is 27.7. The maximum atomic E-state index is 13.7. The first-order chi connectivity index (χ1) is 17.0. The van der Waals surface area contributed by atoms with Gasteiger partial charge in [0.05, 0.1) is 12.0 Å². The van der Waals surface area contributed by atoms with Crippen LogP contribution in [0.5, 0.6) is 5.75 Å². The van der Waals surface area contributed by atoms with Crippen molar-refractivity contribution >= 4 is 26.4 Å². The highest BCUT2D eigenvalue weighted by Crippen LogP contribution is 2.36. The van der Waals surface area contributed by atoms with Crippen molar-refractivity contribution in [2.24, 2.45) is 5.92 Å². The summed E-state index contributed by atoms with van der Waals surface area (Å²) in [6, 6.07) is 11.4. The zero-order valence-corrected chi connectivity index (χ0v) is 22.8. The number of phenolic OH excluding ortho intramolecular Hbond substituents is 1. The van der Waals surface area contributed by atoms with E-state index in [4.69, 9.17) is 0 Å². The van der Waals surface area contributed by atoms with Gasteiger partial charge in [0, 0.05) is 37.5 Å². The second-order valence-electron chi connectivity index (χ2n) is 10.6. The Morgan fingerprint density at radius 3 is 2.47 bits per heavy atom. The number of nitrogens with zero attached hydrogens (tertiary/aromatic N) is 1. The lowest BCUT2D eigenvalue weighted by Gasteiger charge is -2.31. The SMILES string of the molecule is CCC(=O)NC(CCCNC(=O)C1CN(C(C)(C)C)CC1c1ccc(F)cc1P)c1ccc(O)cc1. The molecule has 6 nitrogen and oxygen atoms in total. The van der Waals surface area contributed by atoms with Crippen molar-refractivity contribution in [1.82, 2.24) is 15.5 Å². The van der Waals surface area contributed by atoms with Gasteiger partial charge in [-0.2, -0.15) is 0 Å². The molecule has 0 aromatic heterocycles. The molecule has 4 atom stereocenters. The number of hydrogen-bond donors (Lipinski definition) is 3. The fraction of sp³-hybridized carbons (Fsp3) is 0.500. The topological polar surface area (TPSA) is 81.7 Å². The number of halogens is 1. The molecule has 1 aliphatic heterocycles. The van der Waals surface area contributed by atoms with Crippen molar-refractivity contribution < 1.29 is 19.1 Å². The molecule has 0 radical (unpaired) electrons. The predicted octanol–water partition coefficient (Wildman–Crippen LogP) is 4.01. The van der Waals surface area contributed by atoms with Crippen molar-refractivity contribution in [3.05, 3.63) is 59.4 Å². The quantitative estimate of drug-likeness (QED) is 0.348. The van der Waals surface area contributed by atoms with Gasteiger partial charge in [-0.25, -0.2) is 4.39 Å². The molecule has 1 saturated heterocycles. The Kier molecular flexibility index (Phi) is 9.48. The third kappa shape index (κ3) is 7.27. The van der Waals surface area contributed by atoms with Crippen LogP contribution in [0.2, 0.25) is 0 Å². The van der Waals surface area contributed by atoms with Crippen LogP contribution in [0.4, 0.5) is 4.39 Å². The van der Waals surface area contributed by atoms with Gasteiger partial charge >= 0.3 is 0 Å². The number of amides is 2. The molecule has 2 aromatic rings. The summed E-state index contributed by atoms with van der Waals surface area (Å²) in [6.07, 6.45) is 1.74. The van der Waals surface area contributed by atoms with Crippen LogP contribution < -0.4 is 15.9 Å². The first kappa shape index (κ1) is 28.1. The molecule has 2 amide bonds. The number of likely N-dealkylation sites (tertiary alicyclic amines) is 1. The minimum absolute atomic E-state index is 0.000692. The maximum Gasteiger partial charge on any atom is 0.225 e. The normalized spacial score (nSPS) is 19.2. The third-order valence-electron chi connectivity index (χ3n) is 6.97. The number of benzene rings is 2. The van der Waals surface area contributed by atoms with Crippen molar-refractivity contribution in [2.45, 2.75) is 64.5 Å². The van der Waals surface area contributed by atoms with Crippen LogP contribution in [-0.4, -0.2) is 47.0 Å². The van der Waals surface area contributed by atoms with E-state index in [0.29, 0.717) is 32.4 Å². The summed E-state index contributed by atoms with van der Waals surface area (Å²) in [5, 5.41) is 16.5. The summed E-state index contributed by atoms with van der Waals surface area (Å²) < 4.78 is 13.7. The molecule has 36 heavy (non-hydrogen) atoms. The van der Waals surface area contributed by atoms with Crippen molar-refractivity contribution in [3.8, 4) is 5.75 Å². The van der Waals surface area contributed by atoms with E-state index in [0.717, 1.165) is 23.0 Å². The highest BCUT2D eigenvalue weighted by atomic mass is 31.0. The highest BCUT2D eigenvalue weighted by molar-refractivity contribution is 7.27. The molecule has 0 saturated carbocycles. The molecule has 0 spiro atoms. The second-order valence-corrected chi connectivity index (χ2v) is 11.2. The molecule has 8 heteroatoms. The molecule has 0 bridgehead atoms. The third-order valence-corrected chi connectivity index (χ3v) is 7.47. The van der Waals surface area contributed by atoms with Crippen LogP contribution in [0.3, 0.4) is 0 Å². The summed E-state index contributed by atoms with van der Waals surface area (Å²) in [5.74, 6) is -0.405. The standard InChI is InChI=1S/C28H39FN3O3P/c1-5-26(34)31-24(18-8-11-20(33)12-9-18)7-6-14-30-27(35)23-17-32(28(2,3)4)16-22(23)21-13-10-19(29)15-25(21)36/h8-13,15,22-24,33H,5-7,14,16-17,36H2,1-4H3,(H,30,35)(H,31,34). The van der Waals surface area contributed by atoms with E-state index in [9.17, 15) is 19.1 Å². The largest absolute Gasteiger partial charge is 0.508 e. The average molecular weight is 516 g/mol. The minimum Gasteiger partial charge on any atom is -0.508 e. The summed E-state index contributed by atoms with van der Waals surface area (Å²) in [7, 11) is 2.61. The second kappa shape index (κ2) is 12.2. The molecular formula is C28H39FN3O3P. The van der Waals surface area contributed by atoms with E-state index < -0.39 is 0 Å². The Bertz CT molecular complexity index is 1050.